The van der Waals surface area contributed by atoms with Crippen molar-refractivity contribution in [3.8, 4) is 5.75 Å². The van der Waals surface area contributed by atoms with E-state index in [0.717, 1.165) is 0 Å². The second-order valence-corrected chi connectivity index (χ2v) is 8.21. The van der Waals surface area contributed by atoms with Gasteiger partial charge in [-0.15, -0.1) is 0 Å². The number of sulfonamides is 1. The monoisotopic (exact) mass is 419 g/mol. The second-order valence-electron chi connectivity index (χ2n) is 6.50. The van der Waals surface area contributed by atoms with Crippen LogP contribution in [-0.4, -0.2) is 32.9 Å². The highest BCUT2D eigenvalue weighted by Gasteiger charge is 2.16. The van der Waals surface area contributed by atoms with E-state index >= 15 is 0 Å². The molecule has 29 heavy (non-hydrogen) atoms. The third-order valence-corrected chi connectivity index (χ3v) is 5.57. The first-order valence-electron chi connectivity index (χ1n) is 9.12. The van der Waals surface area contributed by atoms with Crippen LogP contribution < -0.4 is 20.1 Å². The number of anilines is 2. The van der Waals surface area contributed by atoms with Crippen LogP contribution >= 0.6 is 0 Å². The number of carbonyl (C=O) groups excluding carboxylic acids is 2. The molecule has 8 nitrogen and oxygen atoms in total. The molecule has 0 aliphatic carbocycles. The van der Waals surface area contributed by atoms with Crippen molar-refractivity contribution in [1.82, 2.24) is 4.72 Å². The van der Waals surface area contributed by atoms with Crippen LogP contribution in [-0.2, 0) is 19.6 Å². The standard InChI is InChI=1S/C20H25N3O5S/c1-4-14(2)23-29(26,27)19-11-9-18(10-12-19)28-13-20(25)22-17-7-5-16(6-8-17)21-15(3)24/h5-12,14,23H,4,13H2,1-3H3,(H,21,24)(H,22,25)/t14-/m1/s1. The minimum Gasteiger partial charge on any atom is -0.484 e. The minimum absolute atomic E-state index is 0.133. The van der Waals surface area contributed by atoms with E-state index in [4.69, 9.17) is 4.74 Å². The molecule has 0 aliphatic rings. The van der Waals surface area contributed by atoms with Crippen LogP contribution in [0.25, 0.3) is 0 Å². The van der Waals surface area contributed by atoms with Crippen molar-refractivity contribution >= 4 is 33.2 Å². The lowest BCUT2D eigenvalue weighted by Gasteiger charge is -2.12. The van der Waals surface area contributed by atoms with Gasteiger partial charge in [-0.3, -0.25) is 9.59 Å². The topological polar surface area (TPSA) is 114 Å². The molecule has 2 amide bonds. The third kappa shape index (κ3) is 7.20. The Morgan fingerprint density at radius 1 is 0.966 bits per heavy atom. The van der Waals surface area contributed by atoms with Crippen molar-refractivity contribution in [2.75, 3.05) is 17.2 Å². The summed E-state index contributed by atoms with van der Waals surface area (Å²) >= 11 is 0. The van der Waals surface area contributed by atoms with Gasteiger partial charge >= 0.3 is 0 Å². The molecule has 2 rings (SSSR count). The fraction of sp³-hybridized carbons (Fsp3) is 0.300. The van der Waals surface area contributed by atoms with E-state index in [-0.39, 0.29) is 29.4 Å². The van der Waals surface area contributed by atoms with Gasteiger partial charge < -0.3 is 15.4 Å². The van der Waals surface area contributed by atoms with Crippen LogP contribution in [0, 0.1) is 0 Å². The summed E-state index contributed by atoms with van der Waals surface area (Å²) in [5.74, 6) is -0.166. The van der Waals surface area contributed by atoms with Crippen LogP contribution in [0.3, 0.4) is 0 Å². The number of nitrogens with one attached hydrogen (secondary N) is 3. The second kappa shape index (κ2) is 10.0. The number of hydrogen-bond donors (Lipinski definition) is 3. The molecule has 0 heterocycles. The average Bonchev–Trinajstić information content (AvgIpc) is 2.67. The summed E-state index contributed by atoms with van der Waals surface area (Å²) < 4.78 is 32.4. The summed E-state index contributed by atoms with van der Waals surface area (Å²) in [6.07, 6.45) is 0.686. The predicted octanol–water partition coefficient (Wildman–Crippen LogP) is 2.74. The molecule has 1 atom stereocenters. The molecule has 0 aliphatic heterocycles. The van der Waals surface area contributed by atoms with Crippen molar-refractivity contribution in [2.45, 2.75) is 38.1 Å². The van der Waals surface area contributed by atoms with Crippen molar-refractivity contribution in [1.29, 1.82) is 0 Å². The molecule has 0 spiro atoms. The highest BCUT2D eigenvalue weighted by molar-refractivity contribution is 7.89. The quantitative estimate of drug-likeness (QED) is 0.578. The van der Waals surface area contributed by atoms with Gasteiger partial charge in [0, 0.05) is 24.3 Å². The van der Waals surface area contributed by atoms with E-state index in [1.54, 1.807) is 31.2 Å². The Morgan fingerprint density at radius 3 is 2.03 bits per heavy atom. The van der Waals surface area contributed by atoms with E-state index < -0.39 is 10.0 Å². The van der Waals surface area contributed by atoms with Gasteiger partial charge in [0.05, 0.1) is 4.90 Å². The maximum absolute atomic E-state index is 12.2. The molecule has 0 radical (unpaired) electrons. The summed E-state index contributed by atoms with van der Waals surface area (Å²) in [5, 5.41) is 5.31. The molecule has 9 heteroatoms. The van der Waals surface area contributed by atoms with Gasteiger partial charge in [-0.05, 0) is 61.9 Å². The van der Waals surface area contributed by atoms with E-state index in [1.807, 2.05) is 6.92 Å². The Labute approximate surface area is 170 Å². The van der Waals surface area contributed by atoms with Gasteiger partial charge in [-0.2, -0.15) is 0 Å². The Kier molecular flexibility index (Phi) is 7.74. The lowest BCUT2D eigenvalue weighted by molar-refractivity contribution is -0.118. The number of amides is 2. The van der Waals surface area contributed by atoms with Crippen molar-refractivity contribution in [3.05, 3.63) is 48.5 Å². The van der Waals surface area contributed by atoms with Gasteiger partial charge in [0.25, 0.3) is 5.91 Å². The zero-order valence-electron chi connectivity index (χ0n) is 16.6. The fourth-order valence-electron chi connectivity index (χ4n) is 2.32. The van der Waals surface area contributed by atoms with Crippen LogP contribution in [0.2, 0.25) is 0 Å². The Hall–Kier alpha value is -2.91. The van der Waals surface area contributed by atoms with Gasteiger partial charge in [0.1, 0.15) is 5.75 Å². The molecular formula is C20H25N3O5S. The van der Waals surface area contributed by atoms with Crippen LogP contribution in [0.15, 0.2) is 53.4 Å². The van der Waals surface area contributed by atoms with Gasteiger partial charge in [-0.25, -0.2) is 13.1 Å². The molecule has 0 bridgehead atoms. The lowest BCUT2D eigenvalue weighted by atomic mass is 10.2. The molecule has 0 saturated carbocycles. The fourth-order valence-corrected chi connectivity index (χ4v) is 3.64. The first-order valence-corrected chi connectivity index (χ1v) is 10.6. The van der Waals surface area contributed by atoms with Gasteiger partial charge in [0.2, 0.25) is 15.9 Å². The summed E-state index contributed by atoms with van der Waals surface area (Å²) in [4.78, 5) is 23.1. The number of hydrogen-bond acceptors (Lipinski definition) is 5. The number of carbonyl (C=O) groups is 2. The predicted molar refractivity (Wildman–Crippen MR) is 111 cm³/mol. The highest BCUT2D eigenvalue weighted by atomic mass is 32.2. The number of ether oxygens (including phenoxy) is 1. The molecule has 2 aromatic carbocycles. The summed E-state index contributed by atoms with van der Waals surface area (Å²) in [6, 6.07) is 12.4. The molecule has 3 N–H and O–H groups in total. The first-order chi connectivity index (χ1) is 13.7. The highest BCUT2D eigenvalue weighted by Crippen LogP contribution is 2.17. The Morgan fingerprint density at radius 2 is 1.52 bits per heavy atom. The molecule has 0 fully saturated rings. The van der Waals surface area contributed by atoms with Crippen molar-refractivity contribution in [2.24, 2.45) is 0 Å². The molecule has 0 aromatic heterocycles. The third-order valence-electron chi connectivity index (χ3n) is 3.96. The van der Waals surface area contributed by atoms with E-state index in [0.29, 0.717) is 23.5 Å². The zero-order valence-corrected chi connectivity index (χ0v) is 17.4. The zero-order chi connectivity index (χ0) is 21.4. The summed E-state index contributed by atoms with van der Waals surface area (Å²) in [7, 11) is -3.58. The molecule has 156 valence electrons. The number of benzene rings is 2. The van der Waals surface area contributed by atoms with Crippen LogP contribution in [0.4, 0.5) is 11.4 Å². The average molecular weight is 420 g/mol. The molecule has 0 unspecified atom stereocenters. The van der Waals surface area contributed by atoms with Gasteiger partial charge in [-0.1, -0.05) is 6.92 Å². The maximum atomic E-state index is 12.2. The summed E-state index contributed by atoms with van der Waals surface area (Å²) in [6.45, 7) is 4.87. The van der Waals surface area contributed by atoms with Crippen LogP contribution in [0.5, 0.6) is 5.75 Å². The molecule has 0 saturated heterocycles. The SMILES string of the molecule is CC[C@@H](C)NS(=O)(=O)c1ccc(OCC(=O)Nc2ccc(NC(C)=O)cc2)cc1. The van der Waals surface area contributed by atoms with Gasteiger partial charge in [0.15, 0.2) is 6.61 Å². The maximum Gasteiger partial charge on any atom is 0.262 e. The largest absolute Gasteiger partial charge is 0.484 e. The Bertz CT molecular complexity index is 941. The Balaban J connectivity index is 1.88. The molecular weight excluding hydrogens is 394 g/mol. The number of rotatable bonds is 9. The van der Waals surface area contributed by atoms with Crippen molar-refractivity contribution in [3.63, 3.8) is 0 Å². The van der Waals surface area contributed by atoms with E-state index in [1.165, 1.54) is 31.2 Å². The first kappa shape index (κ1) is 22.4. The smallest absolute Gasteiger partial charge is 0.262 e. The van der Waals surface area contributed by atoms with E-state index in [2.05, 4.69) is 15.4 Å². The normalized spacial score (nSPS) is 12.1. The summed E-state index contributed by atoms with van der Waals surface area (Å²) in [5.41, 5.74) is 1.19. The minimum atomic E-state index is -3.58. The van der Waals surface area contributed by atoms with Crippen LogP contribution in [0.1, 0.15) is 27.2 Å². The van der Waals surface area contributed by atoms with E-state index in [9.17, 15) is 18.0 Å². The lowest BCUT2D eigenvalue weighted by Crippen LogP contribution is -2.31. The van der Waals surface area contributed by atoms with Crippen molar-refractivity contribution < 1.29 is 22.7 Å². The molecule has 2 aromatic rings.